The zero-order valence-corrected chi connectivity index (χ0v) is 14.4. The fraction of sp³-hybridized carbons (Fsp3) is 0.368. The summed E-state index contributed by atoms with van der Waals surface area (Å²) < 4.78 is 15.5. The molecule has 1 unspecified atom stereocenters. The lowest BCUT2D eigenvalue weighted by Gasteiger charge is -2.24. The molecule has 0 aliphatic heterocycles. The summed E-state index contributed by atoms with van der Waals surface area (Å²) in [7, 11) is -1.08. The number of rotatable bonds is 6. The van der Waals surface area contributed by atoms with Crippen LogP contribution < -0.4 is 4.72 Å². The second kappa shape index (κ2) is 7.70. The third-order valence-electron chi connectivity index (χ3n) is 3.57. The standard InChI is InChI=1S/C19H25NOS/c1-19(2,3)22(21)20-18(17-12-8-5-9-13-17)15-14-16-10-6-4-7-11-16/h4-13,18,20H,14-15H2,1-3H3/t18-,22?/m0/s1. The molecule has 0 fully saturated rings. The molecule has 3 heteroatoms. The van der Waals surface area contributed by atoms with E-state index in [0.29, 0.717) is 0 Å². The van der Waals surface area contributed by atoms with E-state index in [0.717, 1.165) is 12.8 Å². The maximum absolute atomic E-state index is 12.5. The summed E-state index contributed by atoms with van der Waals surface area (Å²) in [6.07, 6.45) is 1.89. The van der Waals surface area contributed by atoms with E-state index in [1.54, 1.807) is 0 Å². The normalized spacial score (nSPS) is 14.5. The largest absolute Gasteiger partial charge is 0.242 e. The molecule has 2 aromatic carbocycles. The van der Waals surface area contributed by atoms with E-state index in [-0.39, 0.29) is 10.8 Å². The molecule has 0 aliphatic rings. The predicted octanol–water partition coefficient (Wildman–Crippen LogP) is 4.41. The number of benzene rings is 2. The van der Waals surface area contributed by atoms with Gasteiger partial charge in [0.1, 0.15) is 0 Å². The molecule has 0 radical (unpaired) electrons. The first-order valence-corrected chi connectivity index (χ1v) is 8.89. The maximum Gasteiger partial charge on any atom is 0.0975 e. The number of aryl methyl sites for hydroxylation is 1. The SMILES string of the molecule is CC(C)(C)S(=O)N[C@@H](CCc1ccccc1)c1ccccc1. The molecule has 2 atom stereocenters. The van der Waals surface area contributed by atoms with Gasteiger partial charge in [-0.05, 0) is 44.7 Å². The van der Waals surface area contributed by atoms with Crippen molar-refractivity contribution >= 4 is 11.0 Å². The van der Waals surface area contributed by atoms with E-state index in [9.17, 15) is 4.21 Å². The van der Waals surface area contributed by atoms with Crippen LogP contribution in [0.1, 0.15) is 44.4 Å². The lowest BCUT2D eigenvalue weighted by molar-refractivity contribution is 0.571. The van der Waals surface area contributed by atoms with Crippen molar-refractivity contribution in [3.63, 3.8) is 0 Å². The first-order valence-electron chi connectivity index (χ1n) is 7.74. The van der Waals surface area contributed by atoms with Gasteiger partial charge in [0.05, 0.1) is 15.7 Å². The van der Waals surface area contributed by atoms with E-state index in [2.05, 4.69) is 41.1 Å². The van der Waals surface area contributed by atoms with Gasteiger partial charge in [-0.3, -0.25) is 0 Å². The molecule has 2 aromatic rings. The summed E-state index contributed by atoms with van der Waals surface area (Å²) in [6, 6.07) is 20.8. The van der Waals surface area contributed by atoms with Crippen LogP contribution >= 0.6 is 0 Å². The van der Waals surface area contributed by atoms with Gasteiger partial charge in [-0.1, -0.05) is 60.7 Å². The number of hydrogen-bond donors (Lipinski definition) is 1. The lowest BCUT2D eigenvalue weighted by Crippen LogP contribution is -2.36. The number of nitrogens with one attached hydrogen (secondary N) is 1. The van der Waals surface area contributed by atoms with E-state index in [1.807, 2.05) is 45.0 Å². The van der Waals surface area contributed by atoms with Crippen LogP contribution in [-0.2, 0) is 17.4 Å². The summed E-state index contributed by atoms with van der Waals surface area (Å²) in [5.41, 5.74) is 2.50. The van der Waals surface area contributed by atoms with Crippen LogP contribution in [0.15, 0.2) is 60.7 Å². The van der Waals surface area contributed by atoms with Gasteiger partial charge < -0.3 is 0 Å². The fourth-order valence-corrected chi connectivity index (χ4v) is 3.11. The van der Waals surface area contributed by atoms with Crippen molar-refractivity contribution < 1.29 is 4.21 Å². The van der Waals surface area contributed by atoms with Gasteiger partial charge in [-0.2, -0.15) is 0 Å². The lowest BCUT2D eigenvalue weighted by atomic mass is 10.00. The molecule has 0 spiro atoms. The fourth-order valence-electron chi connectivity index (χ4n) is 2.24. The minimum absolute atomic E-state index is 0.0986. The summed E-state index contributed by atoms with van der Waals surface area (Å²) >= 11 is 0. The Morgan fingerprint density at radius 3 is 2.05 bits per heavy atom. The Hall–Kier alpha value is -1.45. The molecule has 2 rings (SSSR count). The van der Waals surface area contributed by atoms with Crippen LogP contribution in [0.5, 0.6) is 0 Å². The van der Waals surface area contributed by atoms with Crippen molar-refractivity contribution in [2.24, 2.45) is 0 Å². The van der Waals surface area contributed by atoms with Crippen molar-refractivity contribution in [3.8, 4) is 0 Å². The van der Waals surface area contributed by atoms with Crippen LogP contribution in [0.4, 0.5) is 0 Å². The van der Waals surface area contributed by atoms with Gasteiger partial charge >= 0.3 is 0 Å². The second-order valence-corrected chi connectivity index (χ2v) is 8.48. The molecule has 0 bridgehead atoms. The Morgan fingerprint density at radius 1 is 0.955 bits per heavy atom. The summed E-state index contributed by atoms with van der Waals surface area (Å²) in [6.45, 7) is 5.99. The van der Waals surface area contributed by atoms with E-state index in [1.165, 1.54) is 11.1 Å². The maximum atomic E-state index is 12.5. The van der Waals surface area contributed by atoms with Crippen LogP contribution in [0.25, 0.3) is 0 Å². The van der Waals surface area contributed by atoms with Crippen molar-refractivity contribution in [2.45, 2.75) is 44.4 Å². The molecule has 1 N–H and O–H groups in total. The monoisotopic (exact) mass is 315 g/mol. The van der Waals surface area contributed by atoms with E-state index >= 15 is 0 Å². The Labute approximate surface area is 136 Å². The highest BCUT2D eigenvalue weighted by atomic mass is 32.2. The zero-order chi connectivity index (χ0) is 16.0. The Morgan fingerprint density at radius 2 is 1.50 bits per heavy atom. The highest BCUT2D eigenvalue weighted by Crippen LogP contribution is 2.22. The average molecular weight is 315 g/mol. The topological polar surface area (TPSA) is 29.1 Å². The molecule has 0 saturated heterocycles. The van der Waals surface area contributed by atoms with Gasteiger partial charge in [0.25, 0.3) is 0 Å². The second-order valence-electron chi connectivity index (χ2n) is 6.49. The smallest absolute Gasteiger partial charge is 0.0975 e. The van der Waals surface area contributed by atoms with Crippen molar-refractivity contribution in [2.75, 3.05) is 0 Å². The highest BCUT2D eigenvalue weighted by Gasteiger charge is 2.23. The Kier molecular flexibility index (Phi) is 5.92. The average Bonchev–Trinajstić information content (AvgIpc) is 2.52. The Balaban J connectivity index is 2.10. The van der Waals surface area contributed by atoms with Crippen LogP contribution in [0.3, 0.4) is 0 Å². The Bertz CT molecular complexity index is 590. The highest BCUT2D eigenvalue weighted by molar-refractivity contribution is 7.84. The van der Waals surface area contributed by atoms with E-state index in [4.69, 9.17) is 0 Å². The van der Waals surface area contributed by atoms with Gasteiger partial charge in [0, 0.05) is 6.04 Å². The third-order valence-corrected chi connectivity index (χ3v) is 5.18. The zero-order valence-electron chi connectivity index (χ0n) is 13.6. The van der Waals surface area contributed by atoms with E-state index < -0.39 is 11.0 Å². The quantitative estimate of drug-likeness (QED) is 0.840. The summed E-state index contributed by atoms with van der Waals surface area (Å²) in [5, 5.41) is 0. The predicted molar refractivity (Wildman–Crippen MR) is 95.0 cm³/mol. The van der Waals surface area contributed by atoms with Crippen LogP contribution in [0, 0.1) is 0 Å². The van der Waals surface area contributed by atoms with Crippen molar-refractivity contribution in [1.82, 2.24) is 4.72 Å². The molecule has 0 aromatic heterocycles. The van der Waals surface area contributed by atoms with Crippen molar-refractivity contribution in [3.05, 3.63) is 71.8 Å². The molecule has 2 nitrogen and oxygen atoms in total. The molecule has 0 saturated carbocycles. The third kappa shape index (κ3) is 5.08. The van der Waals surface area contributed by atoms with Gasteiger partial charge in [-0.15, -0.1) is 0 Å². The first kappa shape index (κ1) is 16.9. The molecule has 0 amide bonds. The minimum Gasteiger partial charge on any atom is -0.242 e. The van der Waals surface area contributed by atoms with Gasteiger partial charge in [0.2, 0.25) is 0 Å². The molecule has 0 aliphatic carbocycles. The van der Waals surface area contributed by atoms with Crippen LogP contribution in [0.2, 0.25) is 0 Å². The van der Waals surface area contributed by atoms with Gasteiger partial charge in [0.15, 0.2) is 0 Å². The minimum atomic E-state index is -1.08. The van der Waals surface area contributed by atoms with Gasteiger partial charge in [-0.25, -0.2) is 8.93 Å². The molecule has 22 heavy (non-hydrogen) atoms. The summed E-state index contributed by atoms with van der Waals surface area (Å²) in [5.74, 6) is 0. The van der Waals surface area contributed by atoms with Crippen LogP contribution in [-0.4, -0.2) is 8.96 Å². The first-order chi connectivity index (χ1) is 10.5. The molecule has 118 valence electrons. The molecule has 0 heterocycles. The molecular formula is C19H25NOS. The summed E-state index contributed by atoms with van der Waals surface area (Å²) in [4.78, 5) is 0. The molecular weight excluding hydrogens is 290 g/mol. The number of hydrogen-bond acceptors (Lipinski definition) is 1. The van der Waals surface area contributed by atoms with Crippen molar-refractivity contribution in [1.29, 1.82) is 0 Å².